The van der Waals surface area contributed by atoms with Crippen molar-refractivity contribution in [1.29, 1.82) is 0 Å². The van der Waals surface area contributed by atoms with E-state index in [9.17, 15) is 5.11 Å². The van der Waals surface area contributed by atoms with Crippen molar-refractivity contribution in [2.24, 2.45) is 0 Å². The quantitative estimate of drug-likeness (QED) is 0.635. The number of morpholine rings is 1. The fourth-order valence-corrected chi connectivity index (χ4v) is 5.94. The highest BCUT2D eigenvalue weighted by Gasteiger charge is 2.40. The number of hydrogen-bond acceptors (Lipinski definition) is 6. The van der Waals surface area contributed by atoms with E-state index in [0.29, 0.717) is 12.1 Å². The normalized spacial score (nSPS) is 33.1. The van der Waals surface area contributed by atoms with Gasteiger partial charge in [-0.05, 0) is 61.6 Å². The number of hydrogen-bond donors (Lipinski definition) is 2. The number of ether oxygens (including phenoxy) is 1. The third-order valence-corrected chi connectivity index (χ3v) is 7.72. The Kier molecular flexibility index (Phi) is 4.71. The van der Waals surface area contributed by atoms with Crippen molar-refractivity contribution in [1.82, 2.24) is 15.2 Å². The Labute approximate surface area is 179 Å². The maximum absolute atomic E-state index is 10.8. The van der Waals surface area contributed by atoms with Crippen LogP contribution in [0.2, 0.25) is 0 Å². The van der Waals surface area contributed by atoms with Crippen LogP contribution in [-0.2, 0) is 4.74 Å². The fraction of sp³-hybridized carbons (Fsp3) is 0.700. The Bertz CT molecular complexity index is 873. The number of aliphatic hydroxyl groups is 1. The second-order valence-electron chi connectivity index (χ2n) is 8.64. The zero-order chi connectivity index (χ0) is 19.5. The molecule has 152 valence electrons. The minimum atomic E-state index is -0.544. The zero-order valence-corrected chi connectivity index (χ0v) is 18.6. The summed E-state index contributed by atoms with van der Waals surface area (Å²) < 4.78 is 6.79. The minimum absolute atomic E-state index is 0.268. The lowest BCUT2D eigenvalue weighted by atomic mass is 9.84. The van der Waals surface area contributed by atoms with Crippen molar-refractivity contribution in [2.45, 2.75) is 69.7 Å². The molecule has 3 saturated heterocycles. The van der Waals surface area contributed by atoms with E-state index < -0.39 is 5.60 Å². The van der Waals surface area contributed by atoms with E-state index in [4.69, 9.17) is 9.72 Å². The van der Waals surface area contributed by atoms with Crippen LogP contribution < -0.4 is 9.80 Å². The minimum Gasteiger partial charge on any atom is -0.390 e. The van der Waals surface area contributed by atoms with Gasteiger partial charge in [0.1, 0.15) is 9.52 Å². The topological polar surface area (TPSA) is 77.5 Å². The third kappa shape index (κ3) is 2.99. The first-order chi connectivity index (χ1) is 13.5. The monoisotopic (exact) mass is 497 g/mol. The highest BCUT2D eigenvalue weighted by Crippen LogP contribution is 2.41. The van der Waals surface area contributed by atoms with Crippen LogP contribution >= 0.6 is 22.6 Å². The Morgan fingerprint density at radius 3 is 2.79 bits per heavy atom. The van der Waals surface area contributed by atoms with Gasteiger partial charge in [0.2, 0.25) is 0 Å². The average Bonchev–Trinajstić information content (AvgIpc) is 3.17. The van der Waals surface area contributed by atoms with Crippen LogP contribution in [0.1, 0.15) is 46.0 Å². The summed E-state index contributed by atoms with van der Waals surface area (Å²) in [6, 6.07) is 3.35. The van der Waals surface area contributed by atoms with Crippen LogP contribution in [0.15, 0.2) is 6.07 Å². The molecule has 28 heavy (non-hydrogen) atoms. The van der Waals surface area contributed by atoms with Gasteiger partial charge in [-0.15, -0.1) is 0 Å². The van der Waals surface area contributed by atoms with E-state index in [2.05, 4.69) is 62.5 Å². The summed E-state index contributed by atoms with van der Waals surface area (Å²) >= 11 is 2.32. The number of anilines is 2. The molecule has 5 rings (SSSR count). The van der Waals surface area contributed by atoms with Gasteiger partial charge in [-0.25, -0.2) is 4.98 Å². The molecule has 0 aliphatic carbocycles. The number of nitrogens with zero attached hydrogens (tertiary/aromatic N) is 4. The first-order valence-corrected chi connectivity index (χ1v) is 11.5. The number of nitrogens with one attached hydrogen (secondary N) is 1. The molecule has 4 atom stereocenters. The molecule has 3 fully saturated rings. The number of aromatic amines is 1. The smallest absolute Gasteiger partial charge is 0.186 e. The molecule has 0 aromatic carbocycles. The second kappa shape index (κ2) is 6.98. The Morgan fingerprint density at radius 2 is 2.11 bits per heavy atom. The molecule has 0 amide bonds. The Morgan fingerprint density at radius 1 is 1.36 bits per heavy atom. The molecule has 8 heteroatoms. The van der Waals surface area contributed by atoms with Gasteiger partial charge in [0, 0.05) is 18.7 Å². The molecular weight excluding hydrogens is 469 g/mol. The summed E-state index contributed by atoms with van der Waals surface area (Å²) in [6.07, 6.45) is 4.73. The standard InChI is InChI=1S/C20H28IN5O2/c1-3-20(27)6-7-25(12(2)9-20)15-8-16(22-19-17(15)18(21)23-24-19)26-13-4-5-14(26)11-28-10-13/h8,12-14,27H,3-7,9-11H2,1-2H3,(H,22,23,24)/t12-,13?,14?,20+/m1/s1. The third-order valence-electron chi connectivity index (χ3n) is 6.94. The Balaban J connectivity index is 1.57. The summed E-state index contributed by atoms with van der Waals surface area (Å²) in [5.74, 6) is 1.02. The maximum Gasteiger partial charge on any atom is 0.186 e. The highest BCUT2D eigenvalue weighted by atomic mass is 127. The van der Waals surface area contributed by atoms with Crippen LogP contribution in [0.5, 0.6) is 0 Å². The molecule has 3 aliphatic rings. The summed E-state index contributed by atoms with van der Waals surface area (Å²) in [5, 5.41) is 19.5. The van der Waals surface area contributed by atoms with E-state index in [0.717, 1.165) is 59.6 Å². The van der Waals surface area contributed by atoms with Crippen molar-refractivity contribution < 1.29 is 9.84 Å². The molecule has 0 spiro atoms. The molecule has 2 unspecified atom stereocenters. The molecule has 2 N–H and O–H groups in total. The summed E-state index contributed by atoms with van der Waals surface area (Å²) in [4.78, 5) is 9.84. The molecular formula is C20H28IN5O2. The van der Waals surface area contributed by atoms with Gasteiger partial charge >= 0.3 is 0 Å². The maximum atomic E-state index is 10.8. The van der Waals surface area contributed by atoms with Gasteiger partial charge in [-0.3, -0.25) is 5.10 Å². The van der Waals surface area contributed by atoms with Crippen molar-refractivity contribution in [2.75, 3.05) is 29.6 Å². The van der Waals surface area contributed by atoms with Crippen LogP contribution in [0, 0.1) is 3.70 Å². The number of pyridine rings is 1. The summed E-state index contributed by atoms with van der Waals surface area (Å²) in [6.45, 7) is 6.72. The van der Waals surface area contributed by atoms with E-state index in [1.165, 1.54) is 18.5 Å². The summed E-state index contributed by atoms with van der Waals surface area (Å²) in [7, 11) is 0. The van der Waals surface area contributed by atoms with Gasteiger partial charge < -0.3 is 19.6 Å². The molecule has 7 nitrogen and oxygen atoms in total. The van der Waals surface area contributed by atoms with Crippen LogP contribution in [0.3, 0.4) is 0 Å². The van der Waals surface area contributed by atoms with Gasteiger partial charge in [0.15, 0.2) is 5.65 Å². The molecule has 2 aromatic rings. The Hall–Kier alpha value is -1.13. The molecule has 5 heterocycles. The number of piperidine rings is 1. The largest absolute Gasteiger partial charge is 0.390 e. The van der Waals surface area contributed by atoms with Gasteiger partial charge in [-0.1, -0.05) is 6.92 Å². The molecule has 0 saturated carbocycles. The highest BCUT2D eigenvalue weighted by molar-refractivity contribution is 14.1. The first-order valence-electron chi connectivity index (χ1n) is 10.4. The zero-order valence-electron chi connectivity index (χ0n) is 16.5. The lowest BCUT2D eigenvalue weighted by Crippen LogP contribution is -2.49. The average molecular weight is 497 g/mol. The number of halogens is 1. The SMILES string of the molecule is CC[C@]1(O)CCN(c2cc(N3C4CCC3COC4)nc3n[nH]c(I)c23)[C@H](C)C1. The molecule has 3 aliphatic heterocycles. The van der Waals surface area contributed by atoms with E-state index in [1.54, 1.807) is 0 Å². The summed E-state index contributed by atoms with van der Waals surface area (Å²) in [5.41, 5.74) is 1.43. The van der Waals surface area contributed by atoms with E-state index in [-0.39, 0.29) is 6.04 Å². The molecule has 0 radical (unpaired) electrons. The van der Waals surface area contributed by atoms with Crippen LogP contribution in [0.25, 0.3) is 11.0 Å². The van der Waals surface area contributed by atoms with E-state index >= 15 is 0 Å². The van der Waals surface area contributed by atoms with Crippen LogP contribution in [0.4, 0.5) is 11.5 Å². The number of aromatic nitrogens is 3. The molecule has 2 bridgehead atoms. The van der Waals surface area contributed by atoms with Crippen molar-refractivity contribution >= 4 is 45.1 Å². The lowest BCUT2D eigenvalue weighted by Gasteiger charge is -2.44. The predicted molar refractivity (Wildman–Crippen MR) is 118 cm³/mol. The second-order valence-corrected chi connectivity index (χ2v) is 9.72. The van der Waals surface area contributed by atoms with Crippen molar-refractivity contribution in [3.05, 3.63) is 9.77 Å². The predicted octanol–water partition coefficient (Wildman–Crippen LogP) is 3.06. The van der Waals surface area contributed by atoms with Crippen molar-refractivity contribution in [3.63, 3.8) is 0 Å². The lowest BCUT2D eigenvalue weighted by molar-refractivity contribution is 0.00243. The van der Waals surface area contributed by atoms with Gasteiger partial charge in [0.25, 0.3) is 0 Å². The molecule has 2 aromatic heterocycles. The van der Waals surface area contributed by atoms with Crippen LogP contribution in [-0.4, -0.2) is 63.8 Å². The number of H-pyrrole nitrogens is 1. The first kappa shape index (κ1) is 18.9. The van der Waals surface area contributed by atoms with E-state index in [1.807, 2.05) is 0 Å². The van der Waals surface area contributed by atoms with Crippen molar-refractivity contribution in [3.8, 4) is 0 Å². The number of fused-ring (bicyclic) bond motifs is 3. The number of rotatable bonds is 3. The van der Waals surface area contributed by atoms with Gasteiger partial charge in [-0.2, -0.15) is 5.10 Å². The fourth-order valence-electron chi connectivity index (χ4n) is 5.31. The van der Waals surface area contributed by atoms with Gasteiger partial charge in [0.05, 0.1) is 42.0 Å².